The molecular formula is C39H47N3O2. The zero-order chi connectivity index (χ0) is 30.8. The van der Waals surface area contributed by atoms with Gasteiger partial charge in [-0.05, 0) is 39.7 Å². The molecule has 1 aliphatic rings. The maximum atomic E-state index is 13.4. The number of amides is 1. The van der Waals surface area contributed by atoms with E-state index in [1.807, 2.05) is 11.0 Å². The molecule has 1 aliphatic heterocycles. The van der Waals surface area contributed by atoms with Gasteiger partial charge in [-0.15, -0.1) is 0 Å². The van der Waals surface area contributed by atoms with Gasteiger partial charge in [-0.3, -0.25) is 9.80 Å². The van der Waals surface area contributed by atoms with E-state index in [1.54, 1.807) is 0 Å². The molecule has 0 radical (unpaired) electrons. The molecule has 1 fully saturated rings. The van der Waals surface area contributed by atoms with E-state index in [0.717, 1.165) is 39.1 Å². The smallest absolute Gasteiger partial charge is 0.409 e. The van der Waals surface area contributed by atoms with Crippen LogP contribution < -0.4 is 0 Å². The number of rotatable bonds is 11. The van der Waals surface area contributed by atoms with Crippen molar-refractivity contribution in [2.75, 3.05) is 32.8 Å². The summed E-state index contributed by atoms with van der Waals surface area (Å²) in [5.74, 6) is 0. The topological polar surface area (TPSA) is 36.0 Å². The lowest BCUT2D eigenvalue weighted by Gasteiger charge is -2.35. The van der Waals surface area contributed by atoms with Crippen LogP contribution in [0.3, 0.4) is 0 Å². The van der Waals surface area contributed by atoms with Crippen molar-refractivity contribution in [3.63, 3.8) is 0 Å². The second-order valence-corrected chi connectivity index (χ2v) is 13.0. The molecule has 1 unspecified atom stereocenters. The molecule has 1 saturated heterocycles. The van der Waals surface area contributed by atoms with Crippen LogP contribution in [0.5, 0.6) is 0 Å². The highest BCUT2D eigenvalue weighted by Crippen LogP contribution is 2.23. The van der Waals surface area contributed by atoms with Gasteiger partial charge in [-0.25, -0.2) is 4.79 Å². The Labute approximate surface area is 264 Å². The molecule has 0 bridgehead atoms. The quantitative estimate of drug-likeness (QED) is 0.181. The fourth-order valence-electron chi connectivity index (χ4n) is 5.85. The number of carbonyl (C=O) groups excluding carboxylic acids is 1. The van der Waals surface area contributed by atoms with Crippen LogP contribution in [0.1, 0.15) is 48.6 Å². The average molecular weight is 590 g/mol. The van der Waals surface area contributed by atoms with Crippen LogP contribution >= 0.6 is 0 Å². The van der Waals surface area contributed by atoms with Gasteiger partial charge in [0.15, 0.2) is 0 Å². The summed E-state index contributed by atoms with van der Waals surface area (Å²) in [5, 5.41) is 0. The molecule has 5 heteroatoms. The van der Waals surface area contributed by atoms with Crippen molar-refractivity contribution in [2.45, 2.75) is 58.3 Å². The number of piperazine rings is 1. The van der Waals surface area contributed by atoms with E-state index in [1.165, 1.54) is 27.8 Å². The molecule has 0 spiro atoms. The standard InChI is InChI=1S/C39H47N3O2/c1-39(2,3)36-21-19-35(20-22-36)28-40-23-25-41(26-24-40)38(43)44-31-37(27-32-13-7-4-8-14-32)42(29-33-15-9-5-10-16-33)30-34-17-11-6-12-18-34/h4-22,37H,23-31H2,1-3H3. The third-order valence-electron chi connectivity index (χ3n) is 8.54. The van der Waals surface area contributed by atoms with E-state index in [4.69, 9.17) is 4.74 Å². The number of carbonyl (C=O) groups is 1. The summed E-state index contributed by atoms with van der Waals surface area (Å²) < 4.78 is 6.10. The molecule has 1 amide bonds. The van der Waals surface area contributed by atoms with Crippen molar-refractivity contribution in [3.05, 3.63) is 143 Å². The first-order valence-corrected chi connectivity index (χ1v) is 15.9. The van der Waals surface area contributed by atoms with Gasteiger partial charge in [0.1, 0.15) is 6.61 Å². The first kappa shape index (κ1) is 31.5. The predicted molar refractivity (Wildman–Crippen MR) is 179 cm³/mol. The van der Waals surface area contributed by atoms with Crippen molar-refractivity contribution in [2.24, 2.45) is 0 Å². The Balaban J connectivity index is 1.21. The van der Waals surface area contributed by atoms with Gasteiger partial charge in [0.2, 0.25) is 0 Å². The molecule has 44 heavy (non-hydrogen) atoms. The molecule has 1 heterocycles. The van der Waals surface area contributed by atoms with Crippen molar-refractivity contribution in [1.29, 1.82) is 0 Å². The Kier molecular flexibility index (Phi) is 10.9. The minimum atomic E-state index is -0.211. The van der Waals surface area contributed by atoms with E-state index in [-0.39, 0.29) is 17.6 Å². The van der Waals surface area contributed by atoms with E-state index >= 15 is 0 Å². The van der Waals surface area contributed by atoms with E-state index in [2.05, 4.69) is 140 Å². The number of benzene rings is 4. The van der Waals surface area contributed by atoms with Crippen LogP contribution in [0.2, 0.25) is 0 Å². The zero-order valence-corrected chi connectivity index (χ0v) is 26.6. The second-order valence-electron chi connectivity index (χ2n) is 13.0. The van der Waals surface area contributed by atoms with Gasteiger partial charge >= 0.3 is 6.09 Å². The molecular weight excluding hydrogens is 542 g/mol. The Hall–Kier alpha value is -3.93. The third-order valence-corrected chi connectivity index (χ3v) is 8.54. The highest BCUT2D eigenvalue weighted by molar-refractivity contribution is 5.67. The SMILES string of the molecule is CC(C)(C)c1ccc(CN2CCN(C(=O)OCC(Cc3ccccc3)N(Cc3ccccc3)Cc3ccccc3)CC2)cc1. The average Bonchev–Trinajstić information content (AvgIpc) is 3.04. The van der Waals surface area contributed by atoms with Gasteiger partial charge in [-0.1, -0.05) is 136 Å². The maximum absolute atomic E-state index is 13.4. The van der Waals surface area contributed by atoms with Crippen molar-refractivity contribution in [1.82, 2.24) is 14.7 Å². The van der Waals surface area contributed by atoms with Crippen LogP contribution in [-0.2, 0) is 36.2 Å². The summed E-state index contributed by atoms with van der Waals surface area (Å²) in [4.78, 5) is 20.1. The fourth-order valence-corrected chi connectivity index (χ4v) is 5.85. The van der Waals surface area contributed by atoms with Crippen molar-refractivity contribution < 1.29 is 9.53 Å². The molecule has 1 atom stereocenters. The molecule has 5 rings (SSSR count). The van der Waals surface area contributed by atoms with Crippen molar-refractivity contribution in [3.8, 4) is 0 Å². The molecule has 5 nitrogen and oxygen atoms in total. The Morgan fingerprint density at radius 2 is 1.18 bits per heavy atom. The van der Waals surface area contributed by atoms with Gasteiger partial charge in [0.05, 0.1) is 0 Å². The van der Waals surface area contributed by atoms with Crippen LogP contribution in [0.25, 0.3) is 0 Å². The molecule has 230 valence electrons. The number of hydrogen-bond acceptors (Lipinski definition) is 4. The normalized spacial score (nSPS) is 14.9. The summed E-state index contributed by atoms with van der Waals surface area (Å²) in [6.45, 7) is 12.6. The highest BCUT2D eigenvalue weighted by atomic mass is 16.6. The monoisotopic (exact) mass is 589 g/mol. The van der Waals surface area contributed by atoms with Crippen LogP contribution in [0.4, 0.5) is 4.79 Å². The largest absolute Gasteiger partial charge is 0.448 e. The Bertz CT molecular complexity index is 1370. The summed E-state index contributed by atoms with van der Waals surface area (Å²) in [5.41, 5.74) is 6.56. The Morgan fingerprint density at radius 1 is 0.682 bits per heavy atom. The third kappa shape index (κ3) is 9.28. The van der Waals surface area contributed by atoms with Gasteiger partial charge in [-0.2, -0.15) is 0 Å². The molecule has 0 aromatic heterocycles. The lowest BCUT2D eigenvalue weighted by Crippen LogP contribution is -2.49. The van der Waals surface area contributed by atoms with Crippen LogP contribution in [0, 0.1) is 0 Å². The van der Waals surface area contributed by atoms with Gasteiger partial charge in [0, 0.05) is 51.9 Å². The summed E-state index contributed by atoms with van der Waals surface area (Å²) in [7, 11) is 0. The molecule has 4 aromatic carbocycles. The number of ether oxygens (including phenoxy) is 1. The Morgan fingerprint density at radius 3 is 1.68 bits per heavy atom. The first-order valence-electron chi connectivity index (χ1n) is 15.9. The number of hydrogen-bond donors (Lipinski definition) is 0. The first-order chi connectivity index (χ1) is 21.3. The van der Waals surface area contributed by atoms with E-state index in [0.29, 0.717) is 19.7 Å². The van der Waals surface area contributed by atoms with Crippen LogP contribution in [-0.4, -0.2) is 59.6 Å². The molecule has 4 aromatic rings. The lowest BCUT2D eigenvalue weighted by molar-refractivity contribution is 0.0452. The molecule has 0 saturated carbocycles. The second kappa shape index (κ2) is 15.2. The lowest BCUT2D eigenvalue weighted by atomic mass is 9.87. The highest BCUT2D eigenvalue weighted by Gasteiger charge is 2.26. The van der Waals surface area contributed by atoms with Crippen LogP contribution in [0.15, 0.2) is 115 Å². The van der Waals surface area contributed by atoms with Gasteiger partial charge in [0.25, 0.3) is 0 Å². The fraction of sp³-hybridized carbons (Fsp3) is 0.359. The van der Waals surface area contributed by atoms with E-state index < -0.39 is 0 Å². The summed E-state index contributed by atoms with van der Waals surface area (Å²) in [6, 6.07) is 40.6. The minimum absolute atomic E-state index is 0.0270. The molecule has 0 aliphatic carbocycles. The van der Waals surface area contributed by atoms with E-state index in [9.17, 15) is 4.79 Å². The minimum Gasteiger partial charge on any atom is -0.448 e. The maximum Gasteiger partial charge on any atom is 0.409 e. The predicted octanol–water partition coefficient (Wildman–Crippen LogP) is 7.55. The molecule has 0 N–H and O–H groups in total. The summed E-state index contributed by atoms with van der Waals surface area (Å²) >= 11 is 0. The summed E-state index contributed by atoms with van der Waals surface area (Å²) in [6.07, 6.45) is 0.590. The van der Waals surface area contributed by atoms with Gasteiger partial charge < -0.3 is 9.64 Å². The van der Waals surface area contributed by atoms with Crippen molar-refractivity contribution >= 4 is 6.09 Å². The zero-order valence-electron chi connectivity index (χ0n) is 26.6. The number of nitrogens with zero attached hydrogens (tertiary/aromatic N) is 3.